The molecule has 17 heavy (non-hydrogen) atoms. The molecule has 0 spiro atoms. The number of aliphatic hydroxyl groups is 1. The first-order valence-electron chi connectivity index (χ1n) is 5.52. The van der Waals surface area contributed by atoms with E-state index in [9.17, 15) is 9.90 Å². The molecule has 0 amide bonds. The maximum atomic E-state index is 11.0. The summed E-state index contributed by atoms with van der Waals surface area (Å²) >= 11 is 5.74. The minimum absolute atomic E-state index is 0.125. The molecule has 2 rings (SSSR count). The molecule has 1 aliphatic rings. The Morgan fingerprint density at radius 1 is 1.53 bits per heavy atom. The van der Waals surface area contributed by atoms with Gasteiger partial charge in [0.15, 0.2) is 0 Å². The smallest absolute Gasteiger partial charge is 0.337 e. The van der Waals surface area contributed by atoms with Crippen LogP contribution in [-0.4, -0.2) is 28.8 Å². The number of carboxylic acids is 1. The van der Waals surface area contributed by atoms with E-state index in [1.807, 2.05) is 0 Å². The average molecular weight is 256 g/mol. The van der Waals surface area contributed by atoms with Crippen molar-refractivity contribution in [1.29, 1.82) is 0 Å². The Kier molecular flexibility index (Phi) is 3.54. The number of hydrogen-bond acceptors (Lipinski definition) is 3. The van der Waals surface area contributed by atoms with E-state index in [4.69, 9.17) is 16.7 Å². The molecule has 1 aromatic rings. The molecule has 1 aliphatic carbocycles. The maximum Gasteiger partial charge on any atom is 0.337 e. The fourth-order valence-corrected chi connectivity index (χ4v) is 1.88. The molecule has 0 aliphatic heterocycles. The lowest BCUT2D eigenvalue weighted by atomic mass is 10.1. The van der Waals surface area contributed by atoms with Gasteiger partial charge in [-0.1, -0.05) is 11.6 Å². The normalized spacial score (nSPS) is 16.6. The minimum atomic E-state index is -1.03. The highest BCUT2D eigenvalue weighted by Crippen LogP contribution is 2.32. The summed E-state index contributed by atoms with van der Waals surface area (Å²) in [6, 6.07) is 4.64. The molecule has 5 heteroatoms. The number of anilines is 1. The predicted octanol–water partition coefficient (Wildman–Crippen LogP) is 2.22. The number of benzene rings is 1. The first-order valence-corrected chi connectivity index (χ1v) is 5.90. The van der Waals surface area contributed by atoms with Crippen molar-refractivity contribution in [3.63, 3.8) is 0 Å². The van der Waals surface area contributed by atoms with Gasteiger partial charge in [0, 0.05) is 17.3 Å². The van der Waals surface area contributed by atoms with Gasteiger partial charge < -0.3 is 15.5 Å². The number of carboxylic acid groups (broad SMARTS) is 1. The zero-order chi connectivity index (χ0) is 12.4. The third-order valence-electron chi connectivity index (χ3n) is 2.88. The van der Waals surface area contributed by atoms with Crippen molar-refractivity contribution in [3.05, 3.63) is 28.8 Å². The zero-order valence-corrected chi connectivity index (χ0v) is 9.94. The largest absolute Gasteiger partial charge is 0.478 e. The van der Waals surface area contributed by atoms with Gasteiger partial charge in [0.2, 0.25) is 0 Å². The summed E-state index contributed by atoms with van der Waals surface area (Å²) in [6.07, 6.45) is 1.69. The Morgan fingerprint density at radius 2 is 2.24 bits per heavy atom. The van der Waals surface area contributed by atoms with Gasteiger partial charge in [0.1, 0.15) is 0 Å². The molecule has 1 atom stereocenters. The summed E-state index contributed by atoms with van der Waals surface area (Å²) in [5, 5.41) is 22.1. The molecule has 0 radical (unpaired) electrons. The lowest BCUT2D eigenvalue weighted by Gasteiger charge is -2.13. The van der Waals surface area contributed by atoms with Crippen molar-refractivity contribution in [2.24, 2.45) is 5.92 Å². The maximum absolute atomic E-state index is 11.0. The Labute approximate surface area is 104 Å². The summed E-state index contributed by atoms with van der Waals surface area (Å²) in [7, 11) is 0. The minimum Gasteiger partial charge on any atom is -0.478 e. The number of halogens is 1. The van der Waals surface area contributed by atoms with Gasteiger partial charge in [-0.2, -0.15) is 0 Å². The van der Waals surface area contributed by atoms with Crippen LogP contribution in [0.25, 0.3) is 0 Å². The van der Waals surface area contributed by atoms with Crippen LogP contribution in [0.2, 0.25) is 5.02 Å². The molecule has 3 N–H and O–H groups in total. The average Bonchev–Trinajstić information content (AvgIpc) is 3.10. The standard InChI is InChI=1S/C12H14ClNO3/c13-8-3-4-10(9(5-8)12(16)17)14-6-11(15)7-1-2-7/h3-5,7,11,14-15H,1-2,6H2,(H,16,17). The Hall–Kier alpha value is -1.26. The van der Waals surface area contributed by atoms with Gasteiger partial charge in [-0.25, -0.2) is 4.79 Å². The van der Waals surface area contributed by atoms with Gasteiger partial charge in [-0.05, 0) is 37.0 Å². The Bertz CT molecular complexity index is 432. The number of carbonyl (C=O) groups is 1. The fraction of sp³-hybridized carbons (Fsp3) is 0.417. The van der Waals surface area contributed by atoms with Crippen LogP contribution in [0.15, 0.2) is 18.2 Å². The molecule has 1 saturated carbocycles. The second kappa shape index (κ2) is 4.94. The van der Waals surface area contributed by atoms with Crippen LogP contribution in [-0.2, 0) is 0 Å². The van der Waals surface area contributed by atoms with E-state index in [-0.39, 0.29) is 5.56 Å². The highest BCUT2D eigenvalue weighted by Gasteiger charge is 2.29. The molecular formula is C12H14ClNO3. The highest BCUT2D eigenvalue weighted by atomic mass is 35.5. The highest BCUT2D eigenvalue weighted by molar-refractivity contribution is 6.31. The van der Waals surface area contributed by atoms with Crippen LogP contribution in [0.1, 0.15) is 23.2 Å². The van der Waals surface area contributed by atoms with Crippen LogP contribution in [0, 0.1) is 5.92 Å². The number of hydrogen-bond donors (Lipinski definition) is 3. The van der Waals surface area contributed by atoms with Gasteiger partial charge in [0.05, 0.1) is 11.7 Å². The SMILES string of the molecule is O=C(O)c1cc(Cl)ccc1NCC(O)C1CC1. The molecule has 1 aromatic carbocycles. The Morgan fingerprint density at radius 3 is 2.82 bits per heavy atom. The van der Waals surface area contributed by atoms with E-state index in [0.717, 1.165) is 12.8 Å². The molecular weight excluding hydrogens is 242 g/mol. The third-order valence-corrected chi connectivity index (χ3v) is 3.11. The van der Waals surface area contributed by atoms with E-state index in [1.165, 1.54) is 6.07 Å². The molecule has 0 bridgehead atoms. The second-order valence-corrected chi connectivity index (χ2v) is 4.72. The number of rotatable bonds is 5. The van der Waals surface area contributed by atoms with Crippen molar-refractivity contribution < 1.29 is 15.0 Å². The van der Waals surface area contributed by atoms with Crippen molar-refractivity contribution in [3.8, 4) is 0 Å². The summed E-state index contributed by atoms with van der Waals surface area (Å²) in [4.78, 5) is 11.0. The summed E-state index contributed by atoms with van der Waals surface area (Å²) < 4.78 is 0. The quantitative estimate of drug-likeness (QED) is 0.755. The fourth-order valence-electron chi connectivity index (χ4n) is 1.71. The van der Waals surface area contributed by atoms with Gasteiger partial charge in [-0.3, -0.25) is 0 Å². The van der Waals surface area contributed by atoms with Gasteiger partial charge in [0.25, 0.3) is 0 Å². The molecule has 0 aromatic heterocycles. The van der Waals surface area contributed by atoms with E-state index in [1.54, 1.807) is 12.1 Å². The first-order chi connectivity index (χ1) is 8.08. The summed E-state index contributed by atoms with van der Waals surface area (Å²) in [5.41, 5.74) is 0.613. The van der Waals surface area contributed by atoms with E-state index in [2.05, 4.69) is 5.32 Å². The van der Waals surface area contributed by atoms with Crippen molar-refractivity contribution in [2.45, 2.75) is 18.9 Å². The first kappa shape index (κ1) is 12.2. The lowest BCUT2D eigenvalue weighted by Crippen LogP contribution is -2.22. The Balaban J connectivity index is 2.06. The second-order valence-electron chi connectivity index (χ2n) is 4.28. The van der Waals surface area contributed by atoms with Crippen LogP contribution < -0.4 is 5.32 Å². The molecule has 92 valence electrons. The van der Waals surface area contributed by atoms with Crippen LogP contribution in [0.3, 0.4) is 0 Å². The molecule has 1 unspecified atom stereocenters. The van der Waals surface area contributed by atoms with Crippen molar-refractivity contribution >= 4 is 23.3 Å². The summed E-state index contributed by atoms with van der Waals surface area (Å²) in [6.45, 7) is 0.368. The van der Waals surface area contributed by atoms with Crippen LogP contribution >= 0.6 is 11.6 Å². The van der Waals surface area contributed by atoms with E-state index >= 15 is 0 Å². The third kappa shape index (κ3) is 3.11. The lowest BCUT2D eigenvalue weighted by molar-refractivity contribution is 0.0697. The van der Waals surface area contributed by atoms with Crippen molar-refractivity contribution in [1.82, 2.24) is 0 Å². The molecule has 0 saturated heterocycles. The van der Waals surface area contributed by atoms with E-state index in [0.29, 0.717) is 23.2 Å². The predicted molar refractivity (Wildman–Crippen MR) is 65.6 cm³/mol. The number of aliphatic hydroxyl groups excluding tert-OH is 1. The number of aromatic carboxylic acids is 1. The van der Waals surface area contributed by atoms with Gasteiger partial charge >= 0.3 is 5.97 Å². The summed E-state index contributed by atoms with van der Waals surface area (Å²) in [5.74, 6) is -0.668. The number of nitrogens with one attached hydrogen (secondary N) is 1. The van der Waals surface area contributed by atoms with E-state index < -0.39 is 12.1 Å². The molecule has 0 heterocycles. The zero-order valence-electron chi connectivity index (χ0n) is 9.19. The monoisotopic (exact) mass is 255 g/mol. The van der Waals surface area contributed by atoms with Crippen LogP contribution in [0.4, 0.5) is 5.69 Å². The van der Waals surface area contributed by atoms with Crippen LogP contribution in [0.5, 0.6) is 0 Å². The van der Waals surface area contributed by atoms with Crippen molar-refractivity contribution in [2.75, 3.05) is 11.9 Å². The molecule has 1 fully saturated rings. The van der Waals surface area contributed by atoms with Gasteiger partial charge in [-0.15, -0.1) is 0 Å². The molecule has 4 nitrogen and oxygen atoms in total. The topological polar surface area (TPSA) is 69.6 Å².